The molecule has 0 spiro atoms. The Kier molecular flexibility index (Phi) is 1.15. The minimum Gasteiger partial charge on any atom is -0.540 e. The molecule has 0 aromatic rings. The lowest BCUT2D eigenvalue weighted by Crippen LogP contribution is -2.54. The van der Waals surface area contributed by atoms with Crippen molar-refractivity contribution in [3.63, 3.8) is 0 Å². The second-order valence-electron chi connectivity index (χ2n) is 1.78. The summed E-state index contributed by atoms with van der Waals surface area (Å²) in [5.41, 5.74) is -1.64. The summed E-state index contributed by atoms with van der Waals surface area (Å²) in [7, 11) is 0. The van der Waals surface area contributed by atoms with Gasteiger partial charge in [-0.2, -0.15) is 0 Å². The van der Waals surface area contributed by atoms with Crippen LogP contribution in [0.2, 0.25) is 0 Å². The fourth-order valence-electron chi connectivity index (χ4n) is 0.590. The van der Waals surface area contributed by atoms with Crippen LogP contribution in [0.3, 0.4) is 0 Å². The molecule has 0 radical (unpaired) electrons. The van der Waals surface area contributed by atoms with Crippen molar-refractivity contribution in [2.45, 2.75) is 12.1 Å². The minimum atomic E-state index is -1.64. The molecule has 0 bridgehead atoms. The van der Waals surface area contributed by atoms with Crippen molar-refractivity contribution in [1.29, 1.82) is 0 Å². The summed E-state index contributed by atoms with van der Waals surface area (Å²) >= 11 is 0. The Morgan fingerprint density at radius 2 is 2.44 bits per heavy atom. The molecule has 1 unspecified atom stereocenters. The lowest BCUT2D eigenvalue weighted by molar-refractivity contribution is -0.333. The second kappa shape index (κ2) is 1.71. The monoisotopic (exact) mass is 126 g/mol. The van der Waals surface area contributed by atoms with Crippen molar-refractivity contribution < 1.29 is 14.6 Å². The molecule has 0 N–H and O–H groups in total. The van der Waals surface area contributed by atoms with Crippen molar-refractivity contribution in [2.24, 2.45) is 0 Å². The van der Waals surface area contributed by atoms with E-state index in [4.69, 9.17) is 6.57 Å². The zero-order chi connectivity index (χ0) is 6.91. The fourth-order valence-corrected chi connectivity index (χ4v) is 0.590. The van der Waals surface area contributed by atoms with E-state index >= 15 is 0 Å². The van der Waals surface area contributed by atoms with Gasteiger partial charge in [0.2, 0.25) is 0 Å². The largest absolute Gasteiger partial charge is 0.540 e. The molecule has 9 heavy (non-hydrogen) atoms. The van der Waals surface area contributed by atoms with Crippen LogP contribution in [0.5, 0.6) is 0 Å². The van der Waals surface area contributed by atoms with E-state index in [1.165, 1.54) is 0 Å². The average molecular weight is 126 g/mol. The number of hydrogen-bond acceptors (Lipinski definition) is 3. The van der Waals surface area contributed by atoms with Gasteiger partial charge in [0, 0.05) is 0 Å². The summed E-state index contributed by atoms with van der Waals surface area (Å²) in [5.74, 6) is -1.43. The topological polar surface area (TPSA) is 53.7 Å². The SMILES string of the molecule is [C-]#[N+]C1(C(=O)[O-])CCO1. The summed E-state index contributed by atoms with van der Waals surface area (Å²) in [6, 6.07) is 0. The molecule has 0 aromatic carbocycles. The zero-order valence-corrected chi connectivity index (χ0v) is 4.59. The standard InChI is InChI=1S/C5H5NO3/c1-6-5(4(7)8)2-3-9-5/h2-3H2,(H,7,8)/p-1. The summed E-state index contributed by atoms with van der Waals surface area (Å²) in [6.45, 7) is 6.76. The first kappa shape index (κ1) is 6.05. The van der Waals surface area contributed by atoms with E-state index < -0.39 is 11.7 Å². The second-order valence-corrected chi connectivity index (χ2v) is 1.78. The fraction of sp³-hybridized carbons (Fsp3) is 0.600. The number of carboxylic acid groups (broad SMARTS) is 1. The molecule has 0 aliphatic carbocycles. The maximum absolute atomic E-state index is 10.1. The van der Waals surface area contributed by atoms with Crippen molar-refractivity contribution in [2.75, 3.05) is 6.61 Å². The lowest BCUT2D eigenvalue weighted by Gasteiger charge is -2.29. The van der Waals surface area contributed by atoms with E-state index in [0.29, 0.717) is 6.61 Å². The van der Waals surface area contributed by atoms with E-state index in [-0.39, 0.29) is 6.42 Å². The van der Waals surface area contributed by atoms with Crippen LogP contribution in [0.1, 0.15) is 6.42 Å². The molecule has 48 valence electrons. The summed E-state index contributed by atoms with van der Waals surface area (Å²) < 4.78 is 4.51. The molecule has 1 rings (SSSR count). The van der Waals surface area contributed by atoms with Crippen LogP contribution in [-0.4, -0.2) is 18.3 Å². The van der Waals surface area contributed by atoms with E-state index in [0.717, 1.165) is 0 Å². The van der Waals surface area contributed by atoms with Crippen molar-refractivity contribution in [3.8, 4) is 0 Å². The smallest absolute Gasteiger partial charge is 0.380 e. The van der Waals surface area contributed by atoms with Crippen LogP contribution in [0, 0.1) is 6.57 Å². The molecule has 4 heteroatoms. The van der Waals surface area contributed by atoms with E-state index in [1.807, 2.05) is 0 Å². The first-order valence-corrected chi connectivity index (χ1v) is 2.45. The highest BCUT2D eigenvalue weighted by atomic mass is 16.6. The number of carbonyl (C=O) groups excluding carboxylic acids is 1. The number of carboxylic acids is 1. The molecule has 0 amide bonds. The van der Waals surface area contributed by atoms with E-state index in [9.17, 15) is 9.90 Å². The van der Waals surface area contributed by atoms with Crippen LogP contribution in [0.4, 0.5) is 0 Å². The number of rotatable bonds is 1. The quantitative estimate of drug-likeness (QED) is 0.413. The Bertz CT molecular complexity index is 177. The van der Waals surface area contributed by atoms with Gasteiger partial charge in [0.1, 0.15) is 0 Å². The summed E-state index contributed by atoms with van der Waals surface area (Å²) in [4.78, 5) is 12.9. The summed E-state index contributed by atoms with van der Waals surface area (Å²) in [5, 5.41) is 10.1. The lowest BCUT2D eigenvalue weighted by atomic mass is 10.1. The molecule has 0 aromatic heterocycles. The van der Waals surface area contributed by atoms with E-state index in [1.54, 1.807) is 0 Å². The Morgan fingerprint density at radius 1 is 1.89 bits per heavy atom. The van der Waals surface area contributed by atoms with Gasteiger partial charge in [-0.15, -0.1) is 0 Å². The molecule has 1 aliphatic rings. The molecule has 1 aliphatic heterocycles. The highest BCUT2D eigenvalue weighted by molar-refractivity contribution is 5.77. The van der Waals surface area contributed by atoms with Gasteiger partial charge in [-0.05, 0) is 0 Å². The zero-order valence-electron chi connectivity index (χ0n) is 4.59. The molecule has 4 nitrogen and oxygen atoms in total. The molecule has 1 fully saturated rings. The van der Waals surface area contributed by atoms with Gasteiger partial charge in [-0.3, -0.25) is 4.85 Å². The maximum Gasteiger partial charge on any atom is 0.380 e. The molecule has 0 saturated carbocycles. The van der Waals surface area contributed by atoms with Crippen molar-refractivity contribution >= 4 is 5.97 Å². The van der Waals surface area contributed by atoms with Crippen molar-refractivity contribution in [1.82, 2.24) is 0 Å². The van der Waals surface area contributed by atoms with Gasteiger partial charge in [-0.25, -0.2) is 6.57 Å². The molecular weight excluding hydrogens is 122 g/mol. The Morgan fingerprint density at radius 3 is 2.44 bits per heavy atom. The van der Waals surface area contributed by atoms with Gasteiger partial charge in [-0.1, -0.05) is 0 Å². The van der Waals surface area contributed by atoms with Gasteiger partial charge in [0.15, 0.2) is 5.97 Å². The molecule has 1 heterocycles. The highest BCUT2D eigenvalue weighted by Gasteiger charge is 2.47. The summed E-state index contributed by atoms with van der Waals surface area (Å²) in [6.07, 6.45) is 0.249. The van der Waals surface area contributed by atoms with Gasteiger partial charge in [0.05, 0.1) is 13.0 Å². The van der Waals surface area contributed by atoms with Crippen molar-refractivity contribution in [3.05, 3.63) is 11.4 Å². The van der Waals surface area contributed by atoms with Crippen LogP contribution >= 0.6 is 0 Å². The molecule has 1 atom stereocenters. The third-order valence-electron chi connectivity index (χ3n) is 1.28. The van der Waals surface area contributed by atoms with Gasteiger partial charge in [0.25, 0.3) is 0 Å². The van der Waals surface area contributed by atoms with Crippen LogP contribution in [-0.2, 0) is 9.53 Å². The van der Waals surface area contributed by atoms with Crippen LogP contribution in [0.15, 0.2) is 0 Å². The Labute approximate surface area is 51.9 Å². The van der Waals surface area contributed by atoms with E-state index in [2.05, 4.69) is 9.58 Å². The number of hydrogen-bond donors (Lipinski definition) is 0. The Hall–Kier alpha value is -1.08. The third-order valence-corrected chi connectivity index (χ3v) is 1.28. The Balaban J connectivity index is 2.71. The minimum absolute atomic E-state index is 0.249. The molecule has 1 saturated heterocycles. The number of nitrogens with zero attached hydrogens (tertiary/aromatic N) is 1. The average Bonchev–Trinajstić information content (AvgIpc) is 1.62. The number of aliphatic carboxylic acids is 1. The van der Waals surface area contributed by atoms with Gasteiger partial charge < -0.3 is 14.6 Å². The van der Waals surface area contributed by atoms with Crippen LogP contribution < -0.4 is 5.11 Å². The highest BCUT2D eigenvalue weighted by Crippen LogP contribution is 2.26. The first-order valence-electron chi connectivity index (χ1n) is 2.45. The predicted molar refractivity (Wildman–Crippen MR) is 24.9 cm³/mol. The van der Waals surface area contributed by atoms with Crippen LogP contribution in [0.25, 0.3) is 4.85 Å². The van der Waals surface area contributed by atoms with Gasteiger partial charge >= 0.3 is 5.72 Å². The normalized spacial score (nSPS) is 32.3. The molecular formula is C5H4NO3-. The first-order chi connectivity index (χ1) is 4.21. The predicted octanol–water partition coefficient (Wildman–Crippen LogP) is -1.23. The number of ether oxygens (including phenoxy) is 1. The number of carbonyl (C=O) groups is 1. The third kappa shape index (κ3) is 0.661. The maximum atomic E-state index is 10.1.